The molecule has 0 unspecified atom stereocenters. The highest BCUT2D eigenvalue weighted by atomic mass is 19.1. The van der Waals surface area contributed by atoms with E-state index in [0.717, 1.165) is 12.5 Å². The van der Waals surface area contributed by atoms with Crippen LogP contribution in [0.4, 0.5) is 8.78 Å². The zero-order chi connectivity index (χ0) is 18.1. The summed E-state index contributed by atoms with van der Waals surface area (Å²) in [6.07, 6.45) is 3.87. The standard InChI is InChI=1S/C19H17F2N3O2/c1-2-25-17-13(5-3-10-22-17)16-23-18(26-24-16)19(8-4-9-19)14-7-6-12(20)11-15(14)21/h3,5-7,10-11H,2,4,8-9H2,1H3. The van der Waals surface area contributed by atoms with Crippen LogP contribution in [0.3, 0.4) is 0 Å². The van der Waals surface area contributed by atoms with Crippen LogP contribution in [0.1, 0.15) is 37.6 Å². The van der Waals surface area contributed by atoms with E-state index >= 15 is 0 Å². The van der Waals surface area contributed by atoms with E-state index in [1.165, 1.54) is 12.1 Å². The molecule has 134 valence electrons. The number of hydrogen-bond acceptors (Lipinski definition) is 5. The molecule has 1 saturated carbocycles. The summed E-state index contributed by atoms with van der Waals surface area (Å²) in [5.41, 5.74) is 0.284. The van der Waals surface area contributed by atoms with E-state index in [-0.39, 0.29) is 0 Å². The van der Waals surface area contributed by atoms with E-state index in [9.17, 15) is 8.78 Å². The number of ether oxygens (including phenoxy) is 1. The van der Waals surface area contributed by atoms with Crippen LogP contribution in [-0.2, 0) is 5.41 Å². The molecule has 0 saturated heterocycles. The minimum Gasteiger partial charge on any atom is -0.477 e. The Hall–Kier alpha value is -2.83. The Bertz CT molecular complexity index is 938. The van der Waals surface area contributed by atoms with E-state index in [1.807, 2.05) is 6.92 Å². The molecule has 3 aromatic rings. The predicted molar refractivity (Wildman–Crippen MR) is 89.7 cm³/mol. The second-order valence-corrected chi connectivity index (χ2v) is 6.27. The van der Waals surface area contributed by atoms with Crippen LogP contribution in [0.25, 0.3) is 11.4 Å². The number of nitrogens with zero attached hydrogens (tertiary/aromatic N) is 3. The zero-order valence-corrected chi connectivity index (χ0v) is 14.2. The zero-order valence-electron chi connectivity index (χ0n) is 14.2. The van der Waals surface area contributed by atoms with Gasteiger partial charge in [0.1, 0.15) is 11.6 Å². The van der Waals surface area contributed by atoms with Crippen molar-refractivity contribution in [3.05, 3.63) is 59.6 Å². The SMILES string of the molecule is CCOc1ncccc1-c1noc(C2(c3ccc(F)cc3F)CCC2)n1. The quantitative estimate of drug-likeness (QED) is 0.682. The van der Waals surface area contributed by atoms with Gasteiger partial charge in [-0.25, -0.2) is 13.8 Å². The Morgan fingerprint density at radius 2 is 2.08 bits per heavy atom. The van der Waals surface area contributed by atoms with Gasteiger partial charge in [-0.3, -0.25) is 0 Å². The third-order valence-electron chi connectivity index (χ3n) is 4.78. The maximum atomic E-state index is 14.4. The Kier molecular flexibility index (Phi) is 4.14. The average molecular weight is 357 g/mol. The first-order chi connectivity index (χ1) is 12.6. The van der Waals surface area contributed by atoms with E-state index in [4.69, 9.17) is 9.26 Å². The van der Waals surface area contributed by atoms with E-state index < -0.39 is 17.0 Å². The third kappa shape index (κ3) is 2.64. The van der Waals surface area contributed by atoms with Gasteiger partial charge < -0.3 is 9.26 Å². The summed E-state index contributed by atoms with van der Waals surface area (Å²) in [5, 5.41) is 4.05. The lowest BCUT2D eigenvalue weighted by Gasteiger charge is -2.38. The molecule has 0 spiro atoms. The summed E-state index contributed by atoms with van der Waals surface area (Å²) in [4.78, 5) is 8.69. The summed E-state index contributed by atoms with van der Waals surface area (Å²) >= 11 is 0. The highest BCUT2D eigenvalue weighted by Gasteiger charge is 2.47. The molecular formula is C19H17F2N3O2. The summed E-state index contributed by atoms with van der Waals surface area (Å²) in [5.74, 6) is -0.122. The molecule has 1 aromatic carbocycles. The van der Waals surface area contributed by atoms with Gasteiger partial charge in [-0.2, -0.15) is 4.98 Å². The molecule has 0 N–H and O–H groups in total. The van der Waals surface area contributed by atoms with Crippen LogP contribution in [0.5, 0.6) is 5.88 Å². The Balaban J connectivity index is 1.75. The van der Waals surface area contributed by atoms with Crippen LogP contribution in [0.15, 0.2) is 41.1 Å². The monoisotopic (exact) mass is 357 g/mol. The fourth-order valence-electron chi connectivity index (χ4n) is 3.35. The molecule has 5 nitrogen and oxygen atoms in total. The smallest absolute Gasteiger partial charge is 0.237 e. The van der Waals surface area contributed by atoms with Crippen molar-refractivity contribution in [2.45, 2.75) is 31.6 Å². The Labute approximate surface area is 149 Å². The van der Waals surface area contributed by atoms with Crippen LogP contribution < -0.4 is 4.74 Å². The first kappa shape index (κ1) is 16.6. The number of aromatic nitrogens is 3. The van der Waals surface area contributed by atoms with Crippen molar-refractivity contribution >= 4 is 0 Å². The molecule has 1 aliphatic rings. The largest absolute Gasteiger partial charge is 0.477 e. The lowest BCUT2D eigenvalue weighted by molar-refractivity contribution is 0.211. The summed E-state index contributed by atoms with van der Waals surface area (Å²) in [6, 6.07) is 7.15. The third-order valence-corrected chi connectivity index (χ3v) is 4.78. The first-order valence-corrected chi connectivity index (χ1v) is 8.52. The van der Waals surface area contributed by atoms with Gasteiger partial charge in [0.15, 0.2) is 0 Å². The highest BCUT2D eigenvalue weighted by molar-refractivity contribution is 5.61. The number of rotatable bonds is 5. The molecule has 0 aliphatic heterocycles. The number of hydrogen-bond donors (Lipinski definition) is 0. The molecule has 2 heterocycles. The number of benzene rings is 1. The Morgan fingerprint density at radius 1 is 1.23 bits per heavy atom. The van der Waals surface area contributed by atoms with Gasteiger partial charge in [0.05, 0.1) is 17.6 Å². The maximum absolute atomic E-state index is 14.4. The summed E-state index contributed by atoms with van der Waals surface area (Å²) in [7, 11) is 0. The van der Waals surface area contributed by atoms with Gasteiger partial charge in [0.25, 0.3) is 0 Å². The first-order valence-electron chi connectivity index (χ1n) is 8.52. The van der Waals surface area contributed by atoms with Crippen molar-refractivity contribution in [3.63, 3.8) is 0 Å². The second-order valence-electron chi connectivity index (χ2n) is 6.27. The average Bonchev–Trinajstić information content (AvgIpc) is 3.06. The van der Waals surface area contributed by atoms with E-state index in [1.54, 1.807) is 18.3 Å². The highest BCUT2D eigenvalue weighted by Crippen LogP contribution is 2.49. The molecule has 26 heavy (non-hydrogen) atoms. The topological polar surface area (TPSA) is 61.0 Å². The molecule has 2 aromatic heterocycles. The molecule has 1 fully saturated rings. The van der Waals surface area contributed by atoms with Gasteiger partial charge in [0, 0.05) is 17.8 Å². The minimum absolute atomic E-state index is 0.329. The van der Waals surface area contributed by atoms with Crippen molar-refractivity contribution in [2.75, 3.05) is 6.61 Å². The molecule has 0 atom stereocenters. The second kappa shape index (κ2) is 6.48. The summed E-state index contributed by atoms with van der Waals surface area (Å²) in [6.45, 7) is 2.32. The lowest BCUT2D eigenvalue weighted by atomic mass is 9.64. The van der Waals surface area contributed by atoms with E-state index in [0.29, 0.717) is 48.2 Å². The minimum atomic E-state index is -0.711. The molecule has 0 bridgehead atoms. The van der Waals surface area contributed by atoms with Crippen LogP contribution >= 0.6 is 0 Å². The number of halogens is 2. The molecule has 0 radical (unpaired) electrons. The molecular weight excluding hydrogens is 340 g/mol. The lowest BCUT2D eigenvalue weighted by Crippen LogP contribution is -2.36. The van der Waals surface area contributed by atoms with Gasteiger partial charge >= 0.3 is 0 Å². The molecule has 1 aliphatic carbocycles. The van der Waals surface area contributed by atoms with Crippen molar-refractivity contribution in [1.29, 1.82) is 0 Å². The van der Waals surface area contributed by atoms with Crippen molar-refractivity contribution < 1.29 is 18.0 Å². The van der Waals surface area contributed by atoms with Crippen LogP contribution in [0.2, 0.25) is 0 Å². The van der Waals surface area contributed by atoms with Gasteiger partial charge in [-0.05, 0) is 38.0 Å². The molecule has 4 rings (SSSR count). The Morgan fingerprint density at radius 3 is 2.77 bits per heavy atom. The van der Waals surface area contributed by atoms with Gasteiger partial charge in [-0.15, -0.1) is 0 Å². The predicted octanol–water partition coefficient (Wildman–Crippen LogP) is 4.28. The molecule has 0 amide bonds. The maximum Gasteiger partial charge on any atom is 0.237 e. The molecule has 7 heteroatoms. The van der Waals surface area contributed by atoms with Crippen molar-refractivity contribution in [2.24, 2.45) is 0 Å². The van der Waals surface area contributed by atoms with E-state index in [2.05, 4.69) is 15.1 Å². The normalized spacial score (nSPS) is 15.5. The summed E-state index contributed by atoms with van der Waals surface area (Å²) < 4.78 is 38.7. The van der Waals surface area contributed by atoms with Crippen LogP contribution in [-0.4, -0.2) is 21.7 Å². The van der Waals surface area contributed by atoms with Crippen molar-refractivity contribution in [3.8, 4) is 17.3 Å². The fraction of sp³-hybridized carbons (Fsp3) is 0.316. The van der Waals surface area contributed by atoms with Gasteiger partial charge in [-0.1, -0.05) is 17.6 Å². The van der Waals surface area contributed by atoms with Crippen LogP contribution in [0, 0.1) is 11.6 Å². The van der Waals surface area contributed by atoms with Crippen molar-refractivity contribution in [1.82, 2.24) is 15.1 Å². The van der Waals surface area contributed by atoms with Gasteiger partial charge in [0.2, 0.25) is 17.6 Å². The fourth-order valence-corrected chi connectivity index (χ4v) is 3.35. The number of pyridine rings is 1.